The van der Waals surface area contributed by atoms with Gasteiger partial charge in [-0.1, -0.05) is 0 Å². The third kappa shape index (κ3) is 3.34. The highest BCUT2D eigenvalue weighted by Crippen LogP contribution is 2.11. The quantitative estimate of drug-likeness (QED) is 0.321. The number of thiocarbonyl (C=S) groups is 1. The first kappa shape index (κ1) is 9.70. The van der Waals surface area contributed by atoms with Crippen molar-refractivity contribution in [2.24, 2.45) is 5.84 Å². The molecular formula is C7H15N3OS. The van der Waals surface area contributed by atoms with E-state index in [1.54, 1.807) is 0 Å². The summed E-state index contributed by atoms with van der Waals surface area (Å²) in [5, 5.41) is 3.45. The summed E-state index contributed by atoms with van der Waals surface area (Å²) in [5.74, 6) is 5.09. The predicted octanol–water partition coefficient (Wildman–Crippen LogP) is -0.107. The summed E-state index contributed by atoms with van der Waals surface area (Å²) >= 11 is 4.82. The third-order valence-electron chi connectivity index (χ3n) is 1.90. The average Bonchev–Trinajstić information content (AvgIpc) is 2.16. The first-order valence-electron chi connectivity index (χ1n) is 4.19. The molecule has 0 aliphatic carbocycles. The average molecular weight is 189 g/mol. The van der Waals surface area contributed by atoms with Crippen molar-refractivity contribution in [1.82, 2.24) is 10.7 Å². The molecule has 1 aliphatic heterocycles. The Morgan fingerprint density at radius 3 is 3.00 bits per heavy atom. The molecule has 0 spiro atoms. The monoisotopic (exact) mass is 189 g/mol. The van der Waals surface area contributed by atoms with Crippen molar-refractivity contribution in [2.75, 3.05) is 13.2 Å². The van der Waals surface area contributed by atoms with Gasteiger partial charge in [-0.2, -0.15) is 0 Å². The van der Waals surface area contributed by atoms with E-state index in [2.05, 4.69) is 10.7 Å². The first-order chi connectivity index (χ1) is 5.83. The number of rotatable bonds is 2. The lowest BCUT2D eigenvalue weighted by atomic mass is 10.1. The molecule has 4 N–H and O–H groups in total. The van der Waals surface area contributed by atoms with E-state index in [0.717, 1.165) is 19.6 Å². The third-order valence-corrected chi connectivity index (χ3v) is 2.16. The maximum Gasteiger partial charge on any atom is 0.180 e. The minimum absolute atomic E-state index is 0.296. The molecule has 0 radical (unpaired) electrons. The summed E-state index contributed by atoms with van der Waals surface area (Å²) in [6, 6.07) is 0. The van der Waals surface area contributed by atoms with Gasteiger partial charge >= 0.3 is 0 Å². The van der Waals surface area contributed by atoms with Crippen LogP contribution in [0.5, 0.6) is 0 Å². The Bertz CT molecular complexity index is 148. The van der Waals surface area contributed by atoms with E-state index in [4.69, 9.17) is 22.8 Å². The molecule has 12 heavy (non-hydrogen) atoms. The summed E-state index contributed by atoms with van der Waals surface area (Å²) in [6.07, 6.45) is 3.83. The van der Waals surface area contributed by atoms with Crippen molar-refractivity contribution in [3.05, 3.63) is 0 Å². The molecule has 1 fully saturated rings. The highest BCUT2D eigenvalue weighted by molar-refractivity contribution is 7.80. The molecule has 1 aliphatic rings. The van der Waals surface area contributed by atoms with E-state index < -0.39 is 0 Å². The summed E-state index contributed by atoms with van der Waals surface area (Å²) in [6.45, 7) is 1.62. The molecule has 0 bridgehead atoms. The van der Waals surface area contributed by atoms with Gasteiger partial charge in [0.05, 0.1) is 6.10 Å². The Hall–Kier alpha value is -0.390. The van der Waals surface area contributed by atoms with Gasteiger partial charge in [0.25, 0.3) is 0 Å². The number of ether oxygens (including phenoxy) is 1. The molecule has 0 aromatic heterocycles. The van der Waals surface area contributed by atoms with E-state index in [1.165, 1.54) is 12.8 Å². The van der Waals surface area contributed by atoms with Gasteiger partial charge in [0.15, 0.2) is 5.11 Å². The Balaban J connectivity index is 2.09. The molecule has 0 aromatic carbocycles. The molecule has 1 unspecified atom stereocenters. The van der Waals surface area contributed by atoms with Crippen LogP contribution in [0.2, 0.25) is 0 Å². The van der Waals surface area contributed by atoms with Crippen LogP contribution in [0.4, 0.5) is 0 Å². The molecule has 1 rings (SSSR count). The van der Waals surface area contributed by atoms with Crippen LogP contribution in [0.1, 0.15) is 19.3 Å². The highest BCUT2D eigenvalue weighted by Gasteiger charge is 2.13. The van der Waals surface area contributed by atoms with Gasteiger partial charge in [-0.3, -0.25) is 0 Å². The van der Waals surface area contributed by atoms with Gasteiger partial charge in [-0.25, -0.2) is 5.84 Å². The van der Waals surface area contributed by atoms with Crippen LogP contribution in [-0.2, 0) is 4.74 Å². The molecular weight excluding hydrogens is 174 g/mol. The van der Waals surface area contributed by atoms with Crippen LogP contribution in [0, 0.1) is 0 Å². The molecule has 5 heteroatoms. The Labute approximate surface area is 77.8 Å². The highest BCUT2D eigenvalue weighted by atomic mass is 32.1. The van der Waals surface area contributed by atoms with E-state index in [-0.39, 0.29) is 0 Å². The number of hydrogen-bond acceptors (Lipinski definition) is 3. The van der Waals surface area contributed by atoms with Crippen molar-refractivity contribution < 1.29 is 4.74 Å². The summed E-state index contributed by atoms with van der Waals surface area (Å²) in [7, 11) is 0. The van der Waals surface area contributed by atoms with Crippen molar-refractivity contribution in [1.29, 1.82) is 0 Å². The van der Waals surface area contributed by atoms with Gasteiger partial charge in [-0.05, 0) is 31.5 Å². The second-order valence-corrected chi connectivity index (χ2v) is 3.25. The lowest BCUT2D eigenvalue weighted by molar-refractivity contribution is 0.0195. The summed E-state index contributed by atoms with van der Waals surface area (Å²) < 4.78 is 5.48. The fourth-order valence-corrected chi connectivity index (χ4v) is 1.31. The largest absolute Gasteiger partial charge is 0.376 e. The van der Waals surface area contributed by atoms with Crippen molar-refractivity contribution in [2.45, 2.75) is 25.4 Å². The lowest BCUT2D eigenvalue weighted by Gasteiger charge is -2.23. The standard InChI is InChI=1S/C7H15N3OS/c8-10-7(12)9-5-6-3-1-2-4-11-6/h6H,1-5,8H2,(H2,9,10,12). The second kappa shape index (κ2) is 5.29. The molecule has 0 aromatic rings. The fourth-order valence-electron chi connectivity index (χ4n) is 1.23. The smallest absolute Gasteiger partial charge is 0.180 e. The van der Waals surface area contributed by atoms with E-state index >= 15 is 0 Å². The van der Waals surface area contributed by atoms with Crippen molar-refractivity contribution in [3.8, 4) is 0 Å². The van der Waals surface area contributed by atoms with Crippen LogP contribution in [-0.4, -0.2) is 24.4 Å². The van der Waals surface area contributed by atoms with Crippen LogP contribution in [0.15, 0.2) is 0 Å². The van der Waals surface area contributed by atoms with Crippen LogP contribution < -0.4 is 16.6 Å². The zero-order valence-electron chi connectivity index (χ0n) is 7.01. The van der Waals surface area contributed by atoms with E-state index in [9.17, 15) is 0 Å². The maximum absolute atomic E-state index is 5.48. The van der Waals surface area contributed by atoms with E-state index in [1.807, 2.05) is 0 Å². The van der Waals surface area contributed by atoms with Crippen LogP contribution >= 0.6 is 12.2 Å². The molecule has 70 valence electrons. The summed E-state index contributed by atoms with van der Waals surface area (Å²) in [4.78, 5) is 0. The van der Waals surface area contributed by atoms with Crippen LogP contribution in [0.3, 0.4) is 0 Å². The Morgan fingerprint density at radius 2 is 2.42 bits per heavy atom. The predicted molar refractivity (Wildman–Crippen MR) is 51.5 cm³/mol. The Morgan fingerprint density at radius 1 is 1.58 bits per heavy atom. The van der Waals surface area contributed by atoms with Gasteiger partial charge in [0.2, 0.25) is 0 Å². The summed E-state index contributed by atoms with van der Waals surface area (Å²) in [5.41, 5.74) is 2.37. The molecule has 1 atom stereocenters. The number of nitrogens with one attached hydrogen (secondary N) is 2. The zero-order chi connectivity index (χ0) is 8.81. The minimum atomic E-state index is 0.296. The zero-order valence-corrected chi connectivity index (χ0v) is 7.82. The maximum atomic E-state index is 5.48. The lowest BCUT2D eigenvalue weighted by Crippen LogP contribution is -2.43. The molecule has 0 amide bonds. The van der Waals surface area contributed by atoms with Gasteiger partial charge in [0.1, 0.15) is 0 Å². The topological polar surface area (TPSA) is 59.3 Å². The molecule has 0 saturated carbocycles. The van der Waals surface area contributed by atoms with Crippen molar-refractivity contribution in [3.63, 3.8) is 0 Å². The van der Waals surface area contributed by atoms with Gasteiger partial charge in [0, 0.05) is 13.2 Å². The van der Waals surface area contributed by atoms with E-state index in [0.29, 0.717) is 11.2 Å². The minimum Gasteiger partial charge on any atom is -0.376 e. The number of hydrazine groups is 1. The second-order valence-electron chi connectivity index (χ2n) is 2.84. The Kier molecular flexibility index (Phi) is 4.27. The SMILES string of the molecule is NNC(=S)NCC1CCCCO1. The number of nitrogens with two attached hydrogens (primary N) is 1. The van der Waals surface area contributed by atoms with Gasteiger partial charge < -0.3 is 15.5 Å². The first-order valence-corrected chi connectivity index (χ1v) is 4.60. The molecule has 1 heterocycles. The van der Waals surface area contributed by atoms with Crippen LogP contribution in [0.25, 0.3) is 0 Å². The normalized spacial score (nSPS) is 23.2. The fraction of sp³-hybridized carbons (Fsp3) is 0.857. The number of hydrogen-bond donors (Lipinski definition) is 3. The molecule has 4 nitrogen and oxygen atoms in total. The van der Waals surface area contributed by atoms with Gasteiger partial charge in [-0.15, -0.1) is 0 Å². The molecule has 1 saturated heterocycles. The van der Waals surface area contributed by atoms with Crippen molar-refractivity contribution >= 4 is 17.3 Å².